The molecule has 1 aliphatic heterocycles. The lowest BCUT2D eigenvalue weighted by atomic mass is 9.66. The second-order valence-electron chi connectivity index (χ2n) is 5.91. The largest absolute Gasteiger partial charge is 0.444 e. The number of amides is 1. The van der Waals surface area contributed by atoms with Crippen LogP contribution >= 0.6 is 0 Å². The Morgan fingerprint density at radius 3 is 2.81 bits per heavy atom. The van der Waals surface area contributed by atoms with Crippen molar-refractivity contribution in [3.63, 3.8) is 0 Å². The number of hydrogen-bond donors (Lipinski definition) is 2. The highest BCUT2D eigenvalue weighted by atomic mass is 16.6. The Hall–Kier alpha value is -0.770. The molecule has 2 aliphatic rings. The Morgan fingerprint density at radius 1 is 1.44 bits per heavy atom. The SMILES string of the molecule is CC(C)(C)OC(=O)NC1CC2CNCCC21. The summed E-state index contributed by atoms with van der Waals surface area (Å²) < 4.78 is 5.26. The van der Waals surface area contributed by atoms with E-state index in [1.54, 1.807) is 0 Å². The van der Waals surface area contributed by atoms with Gasteiger partial charge in [0.25, 0.3) is 0 Å². The highest BCUT2D eigenvalue weighted by Crippen LogP contribution is 2.38. The highest BCUT2D eigenvalue weighted by Gasteiger charge is 2.43. The van der Waals surface area contributed by atoms with E-state index in [0.29, 0.717) is 12.0 Å². The van der Waals surface area contributed by atoms with Gasteiger partial charge in [-0.05, 0) is 58.5 Å². The maximum atomic E-state index is 11.6. The van der Waals surface area contributed by atoms with Crippen LogP contribution in [0.2, 0.25) is 0 Å². The number of hydrogen-bond acceptors (Lipinski definition) is 3. The predicted octanol–water partition coefficient (Wildman–Crippen LogP) is 1.51. The first-order valence-electron chi connectivity index (χ1n) is 6.16. The summed E-state index contributed by atoms with van der Waals surface area (Å²) in [5.74, 6) is 1.42. The zero-order valence-electron chi connectivity index (χ0n) is 10.4. The minimum Gasteiger partial charge on any atom is -0.444 e. The summed E-state index contributed by atoms with van der Waals surface area (Å²) in [4.78, 5) is 11.6. The summed E-state index contributed by atoms with van der Waals surface area (Å²) in [5, 5.41) is 6.37. The Morgan fingerprint density at radius 2 is 2.19 bits per heavy atom. The van der Waals surface area contributed by atoms with Crippen LogP contribution in [0, 0.1) is 11.8 Å². The van der Waals surface area contributed by atoms with Gasteiger partial charge in [0.2, 0.25) is 0 Å². The first-order valence-corrected chi connectivity index (χ1v) is 6.16. The summed E-state index contributed by atoms with van der Waals surface area (Å²) in [7, 11) is 0. The van der Waals surface area contributed by atoms with Gasteiger partial charge in [-0.3, -0.25) is 0 Å². The van der Waals surface area contributed by atoms with Gasteiger partial charge in [0, 0.05) is 6.04 Å². The van der Waals surface area contributed by atoms with Crippen molar-refractivity contribution in [3.8, 4) is 0 Å². The molecule has 0 bridgehead atoms. The molecule has 4 nitrogen and oxygen atoms in total. The van der Waals surface area contributed by atoms with E-state index in [-0.39, 0.29) is 6.09 Å². The van der Waals surface area contributed by atoms with Gasteiger partial charge in [0.05, 0.1) is 0 Å². The van der Waals surface area contributed by atoms with Crippen LogP contribution in [0.3, 0.4) is 0 Å². The van der Waals surface area contributed by atoms with E-state index < -0.39 is 5.60 Å². The van der Waals surface area contributed by atoms with Crippen LogP contribution in [-0.4, -0.2) is 30.8 Å². The summed E-state index contributed by atoms with van der Waals surface area (Å²) in [5.41, 5.74) is -0.401. The third kappa shape index (κ3) is 2.67. The van der Waals surface area contributed by atoms with Crippen LogP contribution < -0.4 is 10.6 Å². The summed E-state index contributed by atoms with van der Waals surface area (Å²) >= 11 is 0. The normalized spacial score (nSPS) is 33.6. The van der Waals surface area contributed by atoms with E-state index in [1.807, 2.05) is 20.8 Å². The van der Waals surface area contributed by atoms with E-state index in [1.165, 1.54) is 6.42 Å². The van der Waals surface area contributed by atoms with E-state index in [4.69, 9.17) is 4.74 Å². The van der Waals surface area contributed by atoms with Gasteiger partial charge >= 0.3 is 6.09 Å². The molecule has 0 spiro atoms. The summed E-state index contributed by atoms with van der Waals surface area (Å²) in [6.45, 7) is 7.85. The van der Waals surface area contributed by atoms with Gasteiger partial charge in [-0.2, -0.15) is 0 Å². The van der Waals surface area contributed by atoms with Gasteiger partial charge in [0.15, 0.2) is 0 Å². The molecule has 1 heterocycles. The van der Waals surface area contributed by atoms with Crippen molar-refractivity contribution in [1.82, 2.24) is 10.6 Å². The first kappa shape index (κ1) is 11.7. The Labute approximate surface area is 97.1 Å². The molecule has 0 aromatic heterocycles. The number of piperidine rings is 1. The fraction of sp³-hybridized carbons (Fsp3) is 0.917. The maximum Gasteiger partial charge on any atom is 0.407 e. The van der Waals surface area contributed by atoms with Crippen LogP contribution in [0.15, 0.2) is 0 Å². The molecular formula is C12H22N2O2. The predicted molar refractivity (Wildman–Crippen MR) is 62.2 cm³/mol. The molecule has 1 amide bonds. The third-order valence-corrected chi connectivity index (χ3v) is 3.44. The van der Waals surface area contributed by atoms with Crippen LogP contribution in [0.4, 0.5) is 4.79 Å². The van der Waals surface area contributed by atoms with Gasteiger partial charge in [0.1, 0.15) is 5.60 Å². The molecule has 1 saturated heterocycles. The lowest BCUT2D eigenvalue weighted by Crippen LogP contribution is -2.58. The van der Waals surface area contributed by atoms with Crippen molar-refractivity contribution >= 4 is 6.09 Å². The number of fused-ring (bicyclic) bond motifs is 1. The average molecular weight is 226 g/mol. The van der Waals surface area contributed by atoms with Crippen LogP contribution in [0.25, 0.3) is 0 Å². The number of alkyl carbamates (subject to hydrolysis) is 1. The van der Waals surface area contributed by atoms with Gasteiger partial charge in [-0.1, -0.05) is 0 Å². The fourth-order valence-corrected chi connectivity index (χ4v) is 2.66. The lowest BCUT2D eigenvalue weighted by Gasteiger charge is -2.48. The molecule has 1 saturated carbocycles. The number of carbonyl (C=O) groups excluding carboxylic acids is 1. The van der Waals surface area contributed by atoms with Crippen molar-refractivity contribution in [1.29, 1.82) is 0 Å². The number of ether oxygens (including phenoxy) is 1. The Balaban J connectivity index is 1.76. The number of rotatable bonds is 1. The second kappa shape index (κ2) is 4.24. The smallest absolute Gasteiger partial charge is 0.407 e. The van der Waals surface area contributed by atoms with Gasteiger partial charge in [-0.25, -0.2) is 4.79 Å². The fourth-order valence-electron chi connectivity index (χ4n) is 2.66. The second-order valence-corrected chi connectivity index (χ2v) is 5.91. The minimum atomic E-state index is -0.401. The van der Waals surface area contributed by atoms with Crippen LogP contribution in [-0.2, 0) is 4.74 Å². The molecule has 16 heavy (non-hydrogen) atoms. The van der Waals surface area contributed by atoms with Crippen molar-refractivity contribution in [2.75, 3.05) is 13.1 Å². The molecule has 2 rings (SSSR count). The topological polar surface area (TPSA) is 50.4 Å². The molecule has 4 heteroatoms. The summed E-state index contributed by atoms with van der Waals surface area (Å²) in [6, 6.07) is 0.335. The van der Waals surface area contributed by atoms with Crippen LogP contribution in [0.5, 0.6) is 0 Å². The van der Waals surface area contributed by atoms with Gasteiger partial charge < -0.3 is 15.4 Å². The molecule has 1 aliphatic carbocycles. The monoisotopic (exact) mass is 226 g/mol. The average Bonchev–Trinajstić information content (AvgIpc) is 2.11. The third-order valence-electron chi connectivity index (χ3n) is 3.44. The van der Waals surface area contributed by atoms with E-state index in [0.717, 1.165) is 25.4 Å². The van der Waals surface area contributed by atoms with Crippen LogP contribution in [0.1, 0.15) is 33.6 Å². The van der Waals surface area contributed by atoms with Gasteiger partial charge in [-0.15, -0.1) is 0 Å². The summed E-state index contributed by atoms with van der Waals surface area (Å²) in [6.07, 6.45) is 2.00. The standard InChI is InChI=1S/C12H22N2O2/c1-12(2,3)16-11(15)14-10-6-8-7-13-5-4-9(8)10/h8-10,13H,4-7H2,1-3H3,(H,14,15). The molecule has 2 N–H and O–H groups in total. The van der Waals surface area contributed by atoms with E-state index in [2.05, 4.69) is 10.6 Å². The van der Waals surface area contributed by atoms with Crippen molar-refractivity contribution < 1.29 is 9.53 Å². The molecule has 0 aromatic carbocycles. The van der Waals surface area contributed by atoms with E-state index >= 15 is 0 Å². The first-order chi connectivity index (χ1) is 7.46. The quantitative estimate of drug-likeness (QED) is 0.712. The zero-order valence-corrected chi connectivity index (χ0v) is 10.4. The molecule has 3 atom stereocenters. The maximum absolute atomic E-state index is 11.6. The molecule has 0 aromatic rings. The van der Waals surface area contributed by atoms with Crippen molar-refractivity contribution in [2.45, 2.75) is 45.3 Å². The van der Waals surface area contributed by atoms with E-state index in [9.17, 15) is 4.79 Å². The zero-order chi connectivity index (χ0) is 11.8. The Kier molecular flexibility index (Phi) is 3.10. The Bertz CT molecular complexity index is 273. The lowest BCUT2D eigenvalue weighted by molar-refractivity contribution is 0.0273. The number of nitrogens with one attached hydrogen (secondary N) is 2. The number of carbonyl (C=O) groups is 1. The van der Waals surface area contributed by atoms with Crippen molar-refractivity contribution in [2.24, 2.45) is 11.8 Å². The molecule has 92 valence electrons. The van der Waals surface area contributed by atoms with Crippen molar-refractivity contribution in [3.05, 3.63) is 0 Å². The molecule has 0 radical (unpaired) electrons. The molecule has 3 unspecified atom stereocenters. The molecular weight excluding hydrogens is 204 g/mol. The highest BCUT2D eigenvalue weighted by molar-refractivity contribution is 5.68. The molecule has 2 fully saturated rings. The minimum absolute atomic E-state index is 0.269.